The van der Waals surface area contributed by atoms with Crippen LogP contribution in [0.4, 0.5) is 0 Å². The van der Waals surface area contributed by atoms with Gasteiger partial charge in [-0.2, -0.15) is 0 Å². The molecule has 1 heterocycles. The van der Waals surface area contributed by atoms with Crippen LogP contribution in [0.1, 0.15) is 157 Å². The van der Waals surface area contributed by atoms with Gasteiger partial charge in [0.25, 0.3) is 0 Å². The van der Waals surface area contributed by atoms with Crippen molar-refractivity contribution in [3.8, 4) is 0 Å². The number of nitrogens with zero attached hydrogens (tertiary/aromatic N) is 1. The lowest BCUT2D eigenvalue weighted by atomic mass is 9.90. The van der Waals surface area contributed by atoms with Crippen molar-refractivity contribution < 1.29 is 4.74 Å². The first-order valence-electron chi connectivity index (χ1n) is 18.6. The first-order valence-corrected chi connectivity index (χ1v) is 18.6. The van der Waals surface area contributed by atoms with Crippen molar-refractivity contribution in [2.24, 2.45) is 29.4 Å². The van der Waals surface area contributed by atoms with Gasteiger partial charge in [-0.05, 0) is 74.6 Å². The van der Waals surface area contributed by atoms with Gasteiger partial charge in [0.2, 0.25) is 0 Å². The van der Waals surface area contributed by atoms with E-state index in [-0.39, 0.29) is 0 Å². The van der Waals surface area contributed by atoms with Crippen LogP contribution in [-0.4, -0.2) is 37.2 Å². The molecular formula is C39H75N3O. The molecule has 0 radical (unpaired) electrons. The third-order valence-corrected chi connectivity index (χ3v) is 9.50. The van der Waals surface area contributed by atoms with E-state index in [4.69, 9.17) is 10.5 Å². The Kier molecular flexibility index (Phi) is 24.0. The summed E-state index contributed by atoms with van der Waals surface area (Å²) in [5, 5.41) is 3.44. The smallest absolute Gasteiger partial charge is 0.0683 e. The van der Waals surface area contributed by atoms with E-state index < -0.39 is 0 Å². The minimum atomic E-state index is 0.350. The lowest BCUT2D eigenvalue weighted by Gasteiger charge is -2.31. The maximum atomic E-state index is 5.79. The fourth-order valence-electron chi connectivity index (χ4n) is 6.62. The molecule has 1 saturated heterocycles. The van der Waals surface area contributed by atoms with Gasteiger partial charge < -0.3 is 20.7 Å². The molecule has 0 amide bonds. The number of likely N-dealkylation sites (tertiary alicyclic amines) is 1. The van der Waals surface area contributed by atoms with Crippen molar-refractivity contribution in [3.63, 3.8) is 0 Å². The number of allylic oxidation sites excluding steroid dienone is 1. The Bertz CT molecular complexity index is 717. The summed E-state index contributed by atoms with van der Waals surface area (Å²) in [7, 11) is 0. The normalized spacial score (nSPS) is 17.6. The molecule has 0 spiro atoms. The zero-order chi connectivity index (χ0) is 31.7. The average Bonchev–Trinajstić information content (AvgIpc) is 3.46. The van der Waals surface area contributed by atoms with Gasteiger partial charge in [0, 0.05) is 24.5 Å². The lowest BCUT2D eigenvalue weighted by Crippen LogP contribution is -2.34. The van der Waals surface area contributed by atoms with Crippen LogP contribution in [0.2, 0.25) is 0 Å². The van der Waals surface area contributed by atoms with Crippen LogP contribution in [-0.2, 0) is 4.74 Å². The standard InChI is InChI=1S/C39H75N3O/c1-33(2)20-15-21-34(3)22-16-23-35(4)24-17-25-36(5)32-37(6)42-29-18-26-39(42)38(7)41-28-19-31-43-30-14-12-10-8-9-11-13-27-40/h19,28,33-36,39,41H,6-18,20-27,29-32,40H2,1-5H3/b28-19+. The van der Waals surface area contributed by atoms with E-state index in [1.807, 2.05) is 6.20 Å². The van der Waals surface area contributed by atoms with E-state index in [9.17, 15) is 0 Å². The summed E-state index contributed by atoms with van der Waals surface area (Å²) in [5.41, 5.74) is 7.93. The summed E-state index contributed by atoms with van der Waals surface area (Å²) in [6, 6.07) is 0.350. The van der Waals surface area contributed by atoms with Gasteiger partial charge in [-0.3, -0.25) is 0 Å². The summed E-state index contributed by atoms with van der Waals surface area (Å²) in [5.74, 6) is 3.30. The van der Waals surface area contributed by atoms with Crippen LogP contribution in [0.15, 0.2) is 36.8 Å². The minimum Gasteiger partial charge on any atom is -0.377 e. The summed E-state index contributed by atoms with van der Waals surface area (Å²) in [6.45, 7) is 24.4. The molecular weight excluding hydrogens is 526 g/mol. The fourth-order valence-corrected chi connectivity index (χ4v) is 6.62. The zero-order valence-electron chi connectivity index (χ0n) is 29.7. The number of unbranched alkanes of at least 4 members (excludes halogenated alkanes) is 6. The number of rotatable bonds is 29. The van der Waals surface area contributed by atoms with E-state index in [1.165, 1.54) is 108 Å². The van der Waals surface area contributed by atoms with Gasteiger partial charge >= 0.3 is 0 Å². The van der Waals surface area contributed by atoms with Gasteiger partial charge in [0.1, 0.15) is 0 Å². The van der Waals surface area contributed by atoms with Crippen molar-refractivity contribution >= 4 is 0 Å². The molecule has 1 aliphatic heterocycles. The monoisotopic (exact) mass is 602 g/mol. The van der Waals surface area contributed by atoms with E-state index >= 15 is 0 Å². The Balaban J connectivity index is 2.15. The Labute approximate surface area is 269 Å². The Morgan fingerprint density at radius 1 is 0.791 bits per heavy atom. The Morgan fingerprint density at radius 3 is 1.95 bits per heavy atom. The largest absolute Gasteiger partial charge is 0.377 e. The molecule has 4 unspecified atom stereocenters. The molecule has 0 bridgehead atoms. The van der Waals surface area contributed by atoms with Crippen molar-refractivity contribution in [1.82, 2.24) is 10.2 Å². The summed E-state index contributed by atoms with van der Waals surface area (Å²) in [4.78, 5) is 2.51. The SMILES string of the molecule is C=C(N/C=C/COCCCCCCCCCN)C1CCCN1C(=C)CC(C)CCCC(C)CCCC(C)CCCC(C)C. The molecule has 0 aromatic carbocycles. The van der Waals surface area contributed by atoms with E-state index in [2.05, 4.69) is 64.1 Å². The Morgan fingerprint density at radius 2 is 1.35 bits per heavy atom. The van der Waals surface area contributed by atoms with Crippen molar-refractivity contribution in [2.45, 2.75) is 163 Å². The molecule has 4 heteroatoms. The lowest BCUT2D eigenvalue weighted by molar-refractivity contribution is 0.157. The highest BCUT2D eigenvalue weighted by atomic mass is 16.5. The Hall–Kier alpha value is -1.26. The van der Waals surface area contributed by atoms with Gasteiger partial charge in [0.15, 0.2) is 0 Å². The highest BCUT2D eigenvalue weighted by Crippen LogP contribution is 2.30. The molecule has 0 saturated carbocycles. The number of nitrogens with one attached hydrogen (secondary N) is 1. The summed E-state index contributed by atoms with van der Waals surface area (Å²) >= 11 is 0. The molecule has 3 N–H and O–H groups in total. The second kappa shape index (κ2) is 26.0. The van der Waals surface area contributed by atoms with Crippen LogP contribution in [0.25, 0.3) is 0 Å². The minimum absolute atomic E-state index is 0.350. The maximum Gasteiger partial charge on any atom is 0.0683 e. The molecule has 0 aromatic rings. The molecule has 0 aliphatic carbocycles. The maximum absolute atomic E-state index is 5.79. The van der Waals surface area contributed by atoms with Crippen LogP contribution < -0.4 is 11.1 Å². The average molecular weight is 602 g/mol. The van der Waals surface area contributed by atoms with Crippen molar-refractivity contribution in [1.29, 1.82) is 0 Å². The third-order valence-electron chi connectivity index (χ3n) is 9.50. The second-order valence-corrected chi connectivity index (χ2v) is 14.5. The summed E-state index contributed by atoms with van der Waals surface area (Å²) < 4.78 is 5.79. The molecule has 1 rings (SSSR count). The molecule has 1 aliphatic rings. The van der Waals surface area contributed by atoms with Crippen LogP contribution >= 0.6 is 0 Å². The number of ether oxygens (including phenoxy) is 1. The molecule has 4 atom stereocenters. The number of nitrogens with two attached hydrogens (primary N) is 1. The highest BCUT2D eigenvalue weighted by Gasteiger charge is 2.28. The molecule has 252 valence electrons. The third kappa shape index (κ3) is 21.2. The topological polar surface area (TPSA) is 50.5 Å². The number of hydrogen-bond donors (Lipinski definition) is 2. The molecule has 0 aromatic heterocycles. The van der Waals surface area contributed by atoms with Crippen LogP contribution in [0, 0.1) is 23.7 Å². The first kappa shape index (κ1) is 39.8. The van der Waals surface area contributed by atoms with Crippen LogP contribution in [0.3, 0.4) is 0 Å². The highest BCUT2D eigenvalue weighted by molar-refractivity contribution is 5.14. The molecule has 4 nitrogen and oxygen atoms in total. The zero-order valence-corrected chi connectivity index (χ0v) is 29.7. The van der Waals surface area contributed by atoms with E-state index in [0.717, 1.165) is 62.4 Å². The van der Waals surface area contributed by atoms with E-state index in [0.29, 0.717) is 18.6 Å². The van der Waals surface area contributed by atoms with Gasteiger partial charge in [-0.25, -0.2) is 0 Å². The number of hydrogen-bond acceptors (Lipinski definition) is 4. The summed E-state index contributed by atoms with van der Waals surface area (Å²) in [6.07, 6.45) is 28.8. The van der Waals surface area contributed by atoms with Gasteiger partial charge in [-0.1, -0.05) is 138 Å². The predicted molar refractivity (Wildman–Crippen MR) is 191 cm³/mol. The van der Waals surface area contributed by atoms with Gasteiger partial charge in [-0.15, -0.1) is 0 Å². The van der Waals surface area contributed by atoms with Crippen LogP contribution in [0.5, 0.6) is 0 Å². The quantitative estimate of drug-likeness (QED) is 0.0837. The molecule has 1 fully saturated rings. The predicted octanol–water partition coefficient (Wildman–Crippen LogP) is 10.8. The first-order chi connectivity index (χ1) is 20.7. The van der Waals surface area contributed by atoms with Crippen molar-refractivity contribution in [3.05, 3.63) is 36.8 Å². The van der Waals surface area contributed by atoms with Crippen molar-refractivity contribution in [2.75, 3.05) is 26.3 Å². The van der Waals surface area contributed by atoms with Gasteiger partial charge in [0.05, 0.1) is 12.6 Å². The fraction of sp³-hybridized carbons (Fsp3) is 0.846. The second-order valence-electron chi connectivity index (χ2n) is 14.5. The van der Waals surface area contributed by atoms with E-state index in [1.54, 1.807) is 0 Å². The molecule has 43 heavy (non-hydrogen) atoms.